The zero-order valence-electron chi connectivity index (χ0n) is 16.8. The number of hydrogen-bond acceptors (Lipinski definition) is 7. The van der Waals surface area contributed by atoms with Crippen molar-refractivity contribution in [2.24, 2.45) is 0 Å². The maximum absolute atomic E-state index is 14.7. The molecule has 1 unspecified atom stereocenters. The number of alkyl halides is 3. The Morgan fingerprint density at radius 2 is 1.84 bits per heavy atom. The molecule has 2 N–H and O–H groups in total. The van der Waals surface area contributed by atoms with E-state index < -0.39 is 42.4 Å². The van der Waals surface area contributed by atoms with E-state index in [1.807, 2.05) is 0 Å². The summed E-state index contributed by atoms with van der Waals surface area (Å²) >= 11 is 0. The van der Waals surface area contributed by atoms with Crippen LogP contribution in [0.25, 0.3) is 0 Å². The third kappa shape index (κ3) is 6.02. The van der Waals surface area contributed by atoms with E-state index >= 15 is 0 Å². The van der Waals surface area contributed by atoms with Crippen LogP contribution in [0.2, 0.25) is 0 Å². The molecule has 1 aromatic carbocycles. The minimum absolute atomic E-state index is 0.163. The Balaban J connectivity index is 1.51. The minimum Gasteiger partial charge on any atom is -0.385 e. The largest absolute Gasteiger partial charge is 0.491 e. The highest BCUT2D eigenvalue weighted by atomic mass is 19.4. The second kappa shape index (κ2) is 9.63. The molecule has 174 valence electrons. The molecule has 12 heteroatoms. The van der Waals surface area contributed by atoms with Gasteiger partial charge in [0.05, 0.1) is 6.54 Å². The summed E-state index contributed by atoms with van der Waals surface area (Å²) < 4.78 is 54.9. The van der Waals surface area contributed by atoms with E-state index in [1.54, 1.807) is 17.0 Å². The average Bonchev–Trinajstić information content (AvgIpc) is 2.70. The fourth-order valence-electron chi connectivity index (χ4n) is 3.76. The summed E-state index contributed by atoms with van der Waals surface area (Å²) in [5.41, 5.74) is 0.851. The molecular formula is C20H21F4N3O5. The van der Waals surface area contributed by atoms with Gasteiger partial charge < -0.3 is 10.1 Å². The number of ether oxygens (including phenoxy) is 1. The van der Waals surface area contributed by atoms with Crippen LogP contribution < -0.4 is 10.6 Å². The number of esters is 2. The van der Waals surface area contributed by atoms with Gasteiger partial charge in [-0.25, -0.2) is 9.18 Å². The van der Waals surface area contributed by atoms with E-state index in [-0.39, 0.29) is 18.2 Å². The number of piperidine rings is 2. The van der Waals surface area contributed by atoms with Crippen molar-refractivity contribution >= 4 is 29.4 Å². The number of nitrogens with zero attached hydrogens (tertiary/aromatic N) is 1. The van der Waals surface area contributed by atoms with Crippen LogP contribution >= 0.6 is 0 Å². The molecule has 1 atom stereocenters. The van der Waals surface area contributed by atoms with Crippen LogP contribution in [-0.4, -0.2) is 60.5 Å². The predicted octanol–water partition coefficient (Wildman–Crippen LogP) is 1.85. The van der Waals surface area contributed by atoms with Gasteiger partial charge >= 0.3 is 18.1 Å². The summed E-state index contributed by atoms with van der Waals surface area (Å²) in [7, 11) is 0. The number of carbonyl (C=O) groups is 4. The number of nitrogens with one attached hydrogen (secondary N) is 2. The fourth-order valence-corrected chi connectivity index (χ4v) is 3.76. The first-order valence-electron chi connectivity index (χ1n) is 9.97. The number of imide groups is 1. The van der Waals surface area contributed by atoms with Gasteiger partial charge in [0.15, 0.2) is 0 Å². The molecule has 0 aliphatic carbocycles. The lowest BCUT2D eigenvalue weighted by atomic mass is 9.89. The highest BCUT2D eigenvalue weighted by Gasteiger charge is 2.42. The maximum atomic E-state index is 14.7. The molecule has 0 bridgehead atoms. The van der Waals surface area contributed by atoms with Crippen molar-refractivity contribution < 1.29 is 41.5 Å². The molecule has 2 fully saturated rings. The smallest absolute Gasteiger partial charge is 0.385 e. The normalized spacial score (nSPS) is 20.6. The molecule has 2 aliphatic rings. The molecular weight excluding hydrogens is 438 g/mol. The van der Waals surface area contributed by atoms with Crippen molar-refractivity contribution in [2.75, 3.05) is 25.0 Å². The topological polar surface area (TPSA) is 105 Å². The Kier molecular flexibility index (Phi) is 7.12. The highest BCUT2D eigenvalue weighted by Crippen LogP contribution is 2.31. The Hall–Kier alpha value is -3.02. The summed E-state index contributed by atoms with van der Waals surface area (Å²) in [6.07, 6.45) is -3.82. The van der Waals surface area contributed by atoms with E-state index in [2.05, 4.69) is 15.4 Å². The Morgan fingerprint density at radius 3 is 2.44 bits per heavy atom. The first-order chi connectivity index (χ1) is 15.0. The SMILES string of the molecule is O=C1CCC(Nc2ccc(C3CCN(CC(=O)OC(=O)C(F)(F)F)CC3)c(F)c2)C(=O)N1. The number of anilines is 1. The summed E-state index contributed by atoms with van der Waals surface area (Å²) in [6.45, 7) is 0.164. The van der Waals surface area contributed by atoms with E-state index in [0.717, 1.165) is 0 Å². The fraction of sp³-hybridized carbons (Fsp3) is 0.500. The lowest BCUT2D eigenvalue weighted by molar-refractivity contribution is -0.202. The number of benzene rings is 1. The molecule has 2 heterocycles. The summed E-state index contributed by atoms with van der Waals surface area (Å²) in [5, 5.41) is 5.12. The van der Waals surface area contributed by atoms with Gasteiger partial charge in [-0.1, -0.05) is 6.07 Å². The number of hydrogen-bond donors (Lipinski definition) is 2. The maximum Gasteiger partial charge on any atom is 0.491 e. The molecule has 2 saturated heterocycles. The van der Waals surface area contributed by atoms with Gasteiger partial charge in [0.1, 0.15) is 11.9 Å². The highest BCUT2D eigenvalue weighted by molar-refractivity contribution is 6.01. The van der Waals surface area contributed by atoms with Gasteiger partial charge in [0.25, 0.3) is 0 Å². The van der Waals surface area contributed by atoms with Crippen molar-refractivity contribution in [2.45, 2.75) is 43.8 Å². The van der Waals surface area contributed by atoms with Crippen molar-refractivity contribution in [3.8, 4) is 0 Å². The number of halogens is 4. The molecule has 0 aromatic heterocycles. The van der Waals surface area contributed by atoms with Gasteiger partial charge in [-0.3, -0.25) is 24.6 Å². The minimum atomic E-state index is -5.24. The molecule has 2 aliphatic heterocycles. The molecule has 2 amide bonds. The number of likely N-dealkylation sites (tertiary alicyclic amines) is 1. The van der Waals surface area contributed by atoms with Crippen LogP contribution in [0, 0.1) is 5.82 Å². The monoisotopic (exact) mass is 459 g/mol. The molecule has 0 spiro atoms. The zero-order valence-corrected chi connectivity index (χ0v) is 16.8. The molecule has 3 rings (SSSR count). The lowest BCUT2D eigenvalue weighted by Crippen LogP contribution is -2.47. The predicted molar refractivity (Wildman–Crippen MR) is 102 cm³/mol. The van der Waals surface area contributed by atoms with Crippen molar-refractivity contribution in [3.05, 3.63) is 29.6 Å². The third-order valence-electron chi connectivity index (χ3n) is 5.40. The van der Waals surface area contributed by atoms with Crippen molar-refractivity contribution in [3.63, 3.8) is 0 Å². The lowest BCUT2D eigenvalue weighted by Gasteiger charge is -2.31. The average molecular weight is 459 g/mol. The van der Waals surface area contributed by atoms with Gasteiger partial charge in [-0.05, 0) is 56.0 Å². The van der Waals surface area contributed by atoms with Crippen LogP contribution in [0.3, 0.4) is 0 Å². The summed E-state index contributed by atoms with van der Waals surface area (Å²) in [4.78, 5) is 46.8. The van der Waals surface area contributed by atoms with E-state index in [4.69, 9.17) is 0 Å². The number of carbonyl (C=O) groups excluding carboxylic acids is 4. The van der Waals surface area contributed by atoms with E-state index in [1.165, 1.54) is 6.07 Å². The van der Waals surface area contributed by atoms with E-state index in [9.17, 15) is 36.7 Å². The second-order valence-corrected chi connectivity index (χ2v) is 7.69. The first kappa shape index (κ1) is 23.6. The first-order valence-corrected chi connectivity index (χ1v) is 9.97. The summed E-state index contributed by atoms with van der Waals surface area (Å²) in [6, 6.07) is 3.87. The standard InChI is InChI=1S/C20H21F4N3O5/c21-14-9-12(25-15-3-4-16(28)26-18(15)30)1-2-13(14)11-5-7-27(8-6-11)10-17(29)32-19(31)20(22,23)24/h1-2,9,11,15,25H,3-8,10H2,(H,26,28,30). The number of rotatable bonds is 5. The van der Waals surface area contributed by atoms with Crippen LogP contribution in [-0.2, 0) is 23.9 Å². The second-order valence-electron chi connectivity index (χ2n) is 7.69. The Morgan fingerprint density at radius 1 is 1.16 bits per heavy atom. The zero-order chi connectivity index (χ0) is 23.5. The Bertz CT molecular complexity index is 913. The molecule has 0 radical (unpaired) electrons. The molecule has 8 nitrogen and oxygen atoms in total. The van der Waals surface area contributed by atoms with Crippen LogP contribution in [0.4, 0.5) is 23.2 Å². The van der Waals surface area contributed by atoms with Gasteiger partial charge in [-0.15, -0.1) is 0 Å². The van der Waals surface area contributed by atoms with Crippen LogP contribution in [0.15, 0.2) is 18.2 Å². The van der Waals surface area contributed by atoms with Gasteiger partial charge in [0, 0.05) is 12.1 Å². The van der Waals surface area contributed by atoms with Crippen LogP contribution in [0.5, 0.6) is 0 Å². The quantitative estimate of drug-likeness (QED) is 0.300. The van der Waals surface area contributed by atoms with Crippen LogP contribution in [0.1, 0.15) is 37.2 Å². The number of amides is 2. The summed E-state index contributed by atoms with van der Waals surface area (Å²) in [5.74, 6) is -5.29. The molecule has 0 saturated carbocycles. The van der Waals surface area contributed by atoms with Crippen molar-refractivity contribution in [1.29, 1.82) is 0 Å². The van der Waals surface area contributed by atoms with E-state index in [0.29, 0.717) is 43.6 Å². The molecule has 32 heavy (non-hydrogen) atoms. The van der Waals surface area contributed by atoms with Crippen molar-refractivity contribution in [1.82, 2.24) is 10.2 Å². The Labute approximate surface area is 180 Å². The van der Waals surface area contributed by atoms with Gasteiger partial charge in [0.2, 0.25) is 11.8 Å². The van der Waals surface area contributed by atoms with Gasteiger partial charge in [-0.2, -0.15) is 13.2 Å². The third-order valence-corrected chi connectivity index (χ3v) is 5.40. The molecule has 1 aromatic rings.